The molecule has 0 radical (unpaired) electrons. The molecule has 0 saturated heterocycles. The number of fused-ring (bicyclic) bond motifs is 1. The quantitative estimate of drug-likeness (QED) is 0.785. The maximum Gasteiger partial charge on any atom is 0.259 e. The van der Waals surface area contributed by atoms with Crippen LogP contribution in [-0.4, -0.2) is 46.7 Å². The van der Waals surface area contributed by atoms with Crippen molar-refractivity contribution in [2.75, 3.05) is 16.8 Å². The van der Waals surface area contributed by atoms with E-state index in [9.17, 15) is 19.1 Å². The van der Waals surface area contributed by atoms with Crippen molar-refractivity contribution in [2.45, 2.75) is 83.1 Å². The predicted octanol–water partition coefficient (Wildman–Crippen LogP) is 3.64. The summed E-state index contributed by atoms with van der Waals surface area (Å²) in [4.78, 5) is 27.6. The van der Waals surface area contributed by atoms with Gasteiger partial charge in [0.15, 0.2) is 0 Å². The van der Waals surface area contributed by atoms with Crippen LogP contribution < -0.4 is 10.2 Å². The molecule has 0 spiro atoms. The Labute approximate surface area is 171 Å². The Morgan fingerprint density at radius 3 is 2.45 bits per heavy atom. The molecule has 0 bridgehead atoms. The molecule has 2 fully saturated rings. The molecule has 158 valence electrons. The van der Waals surface area contributed by atoms with Crippen molar-refractivity contribution in [1.29, 1.82) is 0 Å². The molecular weight excluding hydrogens is 373 g/mol. The lowest BCUT2D eigenvalue weighted by molar-refractivity contribution is -0.120. The molecule has 0 aromatic heterocycles. The number of aliphatic hydroxyl groups excluding tert-OH is 1. The fourth-order valence-electron chi connectivity index (χ4n) is 5.02. The highest BCUT2D eigenvalue weighted by atomic mass is 19.1. The molecule has 1 heterocycles. The summed E-state index contributed by atoms with van der Waals surface area (Å²) in [6.45, 7) is 1.19. The molecule has 4 rings (SSSR count). The molecule has 2 N–H and O–H groups in total. The minimum absolute atomic E-state index is 0.0688. The van der Waals surface area contributed by atoms with Gasteiger partial charge in [0.25, 0.3) is 5.91 Å². The Balaban J connectivity index is 1.72. The van der Waals surface area contributed by atoms with Crippen molar-refractivity contribution in [3.63, 3.8) is 0 Å². The fourth-order valence-corrected chi connectivity index (χ4v) is 5.02. The molecule has 2 aliphatic carbocycles. The van der Waals surface area contributed by atoms with Gasteiger partial charge in [-0.15, -0.1) is 0 Å². The second-order valence-electron chi connectivity index (χ2n) is 8.66. The van der Waals surface area contributed by atoms with Gasteiger partial charge in [-0.25, -0.2) is 4.39 Å². The minimum Gasteiger partial charge on any atom is -0.380 e. The first-order chi connectivity index (χ1) is 14.0. The van der Waals surface area contributed by atoms with E-state index in [1.807, 2.05) is 4.90 Å². The topological polar surface area (TPSA) is 72.9 Å². The number of hydrogen-bond donors (Lipinski definition) is 2. The van der Waals surface area contributed by atoms with Gasteiger partial charge in [-0.1, -0.05) is 32.1 Å². The zero-order valence-corrected chi connectivity index (χ0v) is 17.0. The van der Waals surface area contributed by atoms with Gasteiger partial charge >= 0.3 is 0 Å². The van der Waals surface area contributed by atoms with Crippen molar-refractivity contribution in [2.24, 2.45) is 0 Å². The molecule has 29 heavy (non-hydrogen) atoms. The van der Waals surface area contributed by atoms with Gasteiger partial charge in [0, 0.05) is 12.1 Å². The van der Waals surface area contributed by atoms with Gasteiger partial charge in [-0.3, -0.25) is 14.5 Å². The number of nitrogens with zero attached hydrogens (tertiary/aromatic N) is 2. The monoisotopic (exact) mass is 403 g/mol. The largest absolute Gasteiger partial charge is 0.380 e. The number of amides is 1. The van der Waals surface area contributed by atoms with E-state index < -0.39 is 18.1 Å². The first-order valence-corrected chi connectivity index (χ1v) is 10.8. The Morgan fingerprint density at radius 1 is 1.14 bits per heavy atom. The van der Waals surface area contributed by atoms with E-state index in [0.29, 0.717) is 11.4 Å². The molecule has 6 nitrogen and oxygen atoms in total. The number of hydrogen-bond acceptors (Lipinski definition) is 5. The zero-order chi connectivity index (χ0) is 20.5. The third-order valence-corrected chi connectivity index (χ3v) is 6.46. The summed E-state index contributed by atoms with van der Waals surface area (Å²) in [5.74, 6) is -1.18. The van der Waals surface area contributed by atoms with Crippen LogP contribution >= 0.6 is 0 Å². The third-order valence-electron chi connectivity index (χ3n) is 6.46. The smallest absolute Gasteiger partial charge is 0.259 e. The molecular formula is C22H30FN3O3. The molecule has 2 saturated carbocycles. The number of carbonyl (C=O) groups excluding carboxylic acids is 2. The summed E-state index contributed by atoms with van der Waals surface area (Å²) in [6.07, 6.45) is 8.21. The summed E-state index contributed by atoms with van der Waals surface area (Å²) < 4.78 is 14.9. The normalized spacial score (nSPS) is 23.4. The first-order valence-electron chi connectivity index (χ1n) is 10.8. The zero-order valence-electron chi connectivity index (χ0n) is 17.0. The number of nitrogens with one attached hydrogen (secondary N) is 1. The minimum atomic E-state index is -1.21. The van der Waals surface area contributed by atoms with Gasteiger partial charge < -0.3 is 15.3 Å². The Morgan fingerprint density at radius 2 is 1.79 bits per heavy atom. The lowest BCUT2D eigenvalue weighted by Crippen LogP contribution is -2.59. The first kappa shape index (κ1) is 20.1. The van der Waals surface area contributed by atoms with Crippen molar-refractivity contribution >= 4 is 23.1 Å². The van der Waals surface area contributed by atoms with E-state index in [1.54, 1.807) is 6.07 Å². The predicted molar refractivity (Wildman–Crippen MR) is 109 cm³/mol. The Bertz CT molecular complexity index is 788. The summed E-state index contributed by atoms with van der Waals surface area (Å²) in [7, 11) is 0. The number of Topliss-reactive ketones (excluding diaryl/α,β-unsaturated/α-hetero) is 1. The van der Waals surface area contributed by atoms with Gasteiger partial charge in [-0.05, 0) is 44.7 Å². The van der Waals surface area contributed by atoms with Crippen LogP contribution in [-0.2, 0) is 4.79 Å². The number of rotatable bonds is 5. The maximum absolute atomic E-state index is 14.9. The maximum atomic E-state index is 14.9. The average Bonchev–Trinajstić information content (AvgIpc) is 3.22. The third kappa shape index (κ3) is 3.97. The van der Waals surface area contributed by atoms with Gasteiger partial charge in [0.1, 0.15) is 11.6 Å². The molecule has 1 unspecified atom stereocenters. The SMILES string of the molecule is CC(=O)CN1C(=O)c2cc(F)c(NC3CCCCC3)cc2N(C2CCCC2)C1O. The number of ketones is 1. The van der Waals surface area contributed by atoms with Gasteiger partial charge in [0.05, 0.1) is 23.5 Å². The second-order valence-corrected chi connectivity index (χ2v) is 8.66. The lowest BCUT2D eigenvalue weighted by Gasteiger charge is -2.45. The van der Waals surface area contributed by atoms with Gasteiger partial charge in [0.2, 0.25) is 6.35 Å². The van der Waals surface area contributed by atoms with Crippen LogP contribution in [0.25, 0.3) is 0 Å². The van der Waals surface area contributed by atoms with E-state index in [4.69, 9.17) is 0 Å². The van der Waals surface area contributed by atoms with E-state index in [1.165, 1.54) is 19.4 Å². The van der Waals surface area contributed by atoms with Crippen LogP contribution in [0.5, 0.6) is 0 Å². The highest BCUT2D eigenvalue weighted by Crippen LogP contribution is 2.39. The van der Waals surface area contributed by atoms with Crippen LogP contribution in [0.4, 0.5) is 15.8 Å². The highest BCUT2D eigenvalue weighted by Gasteiger charge is 2.41. The molecule has 1 aliphatic heterocycles. The fraction of sp³-hybridized carbons (Fsp3) is 0.636. The van der Waals surface area contributed by atoms with Crippen LogP contribution in [0.1, 0.15) is 75.1 Å². The number of benzene rings is 1. The number of halogens is 1. The number of carbonyl (C=O) groups is 2. The summed E-state index contributed by atoms with van der Waals surface area (Å²) in [6, 6.07) is 3.25. The Kier molecular flexibility index (Phi) is 5.76. The molecule has 3 aliphatic rings. The highest BCUT2D eigenvalue weighted by molar-refractivity contribution is 6.04. The summed E-state index contributed by atoms with van der Waals surface area (Å²) in [5.41, 5.74) is 1.17. The van der Waals surface area contributed by atoms with E-state index >= 15 is 0 Å². The standard InChI is InChI=1S/C22H30FN3O3/c1-14(27)13-25-21(28)17-11-18(23)19(24-15-7-3-2-4-8-15)12-20(17)26(22(25)29)16-9-5-6-10-16/h11-12,15-16,22,24,29H,2-10,13H2,1H3. The molecule has 1 atom stereocenters. The number of anilines is 2. The lowest BCUT2D eigenvalue weighted by atomic mass is 9.95. The van der Waals surface area contributed by atoms with E-state index in [2.05, 4.69) is 5.32 Å². The van der Waals surface area contributed by atoms with Crippen molar-refractivity contribution in [3.8, 4) is 0 Å². The van der Waals surface area contributed by atoms with Crippen LogP contribution in [0, 0.1) is 5.82 Å². The molecule has 1 amide bonds. The summed E-state index contributed by atoms with van der Waals surface area (Å²) >= 11 is 0. The van der Waals surface area contributed by atoms with Crippen molar-refractivity contribution in [3.05, 3.63) is 23.5 Å². The number of aliphatic hydroxyl groups is 1. The average molecular weight is 403 g/mol. The van der Waals surface area contributed by atoms with Crippen LogP contribution in [0.2, 0.25) is 0 Å². The van der Waals surface area contributed by atoms with Gasteiger partial charge in [-0.2, -0.15) is 0 Å². The Hall–Kier alpha value is -2.15. The molecule has 1 aromatic carbocycles. The second kappa shape index (κ2) is 8.30. The molecule has 1 aromatic rings. The van der Waals surface area contributed by atoms with Crippen LogP contribution in [0.3, 0.4) is 0 Å². The van der Waals surface area contributed by atoms with Crippen LogP contribution in [0.15, 0.2) is 12.1 Å². The van der Waals surface area contributed by atoms with Crippen molar-refractivity contribution < 1.29 is 19.1 Å². The summed E-state index contributed by atoms with van der Waals surface area (Å²) in [5, 5.41) is 14.3. The van der Waals surface area contributed by atoms with Crippen molar-refractivity contribution in [1.82, 2.24) is 4.90 Å². The van der Waals surface area contributed by atoms with E-state index in [-0.39, 0.29) is 30.0 Å². The molecule has 7 heteroatoms. The van der Waals surface area contributed by atoms with E-state index in [0.717, 1.165) is 56.3 Å².